The molecule has 0 saturated carbocycles. The van der Waals surface area contributed by atoms with Crippen LogP contribution in [0, 0.1) is 0 Å². The van der Waals surface area contributed by atoms with E-state index in [9.17, 15) is 0 Å². The van der Waals surface area contributed by atoms with E-state index in [-0.39, 0.29) is 24.1 Å². The number of nitrogens with zero attached hydrogens (tertiary/aromatic N) is 4. The number of anilines is 2. The van der Waals surface area contributed by atoms with E-state index >= 15 is 0 Å². The summed E-state index contributed by atoms with van der Waals surface area (Å²) >= 11 is 0. The number of hydrazine groups is 1. The minimum absolute atomic E-state index is 0.0256. The van der Waals surface area contributed by atoms with Crippen LogP contribution in [0.3, 0.4) is 0 Å². The maximum Gasteiger partial charge on any atom is 0.323 e. The SMILES string of the molecule is CCN(c1nc(NN)nc(OC(C)C)n1)C(C)COC. The Morgan fingerprint density at radius 1 is 1.25 bits per heavy atom. The van der Waals surface area contributed by atoms with Crippen LogP contribution in [-0.2, 0) is 4.74 Å². The van der Waals surface area contributed by atoms with Crippen molar-refractivity contribution in [3.63, 3.8) is 0 Å². The van der Waals surface area contributed by atoms with Gasteiger partial charge in [0.1, 0.15) is 0 Å². The molecule has 0 fully saturated rings. The topological polar surface area (TPSA) is 98.4 Å². The highest BCUT2D eigenvalue weighted by atomic mass is 16.5. The Morgan fingerprint density at radius 3 is 2.45 bits per heavy atom. The molecular formula is C12H24N6O2. The number of hydrogen-bond donors (Lipinski definition) is 2. The molecule has 20 heavy (non-hydrogen) atoms. The molecule has 1 unspecified atom stereocenters. The summed E-state index contributed by atoms with van der Waals surface area (Å²) in [6, 6.07) is 0.381. The second-order valence-electron chi connectivity index (χ2n) is 4.64. The molecule has 114 valence electrons. The summed E-state index contributed by atoms with van der Waals surface area (Å²) in [5, 5.41) is 0. The summed E-state index contributed by atoms with van der Waals surface area (Å²) in [7, 11) is 1.66. The van der Waals surface area contributed by atoms with Gasteiger partial charge in [0.05, 0.1) is 18.8 Å². The highest BCUT2D eigenvalue weighted by molar-refractivity contribution is 5.38. The molecule has 0 aliphatic carbocycles. The number of hydrogen-bond acceptors (Lipinski definition) is 8. The van der Waals surface area contributed by atoms with Gasteiger partial charge in [-0.25, -0.2) is 5.84 Å². The highest BCUT2D eigenvalue weighted by Crippen LogP contribution is 2.17. The van der Waals surface area contributed by atoms with Gasteiger partial charge in [-0.2, -0.15) is 15.0 Å². The van der Waals surface area contributed by atoms with Gasteiger partial charge in [0.15, 0.2) is 0 Å². The third-order valence-electron chi connectivity index (χ3n) is 2.61. The number of ether oxygens (including phenoxy) is 2. The van der Waals surface area contributed by atoms with E-state index in [4.69, 9.17) is 15.3 Å². The van der Waals surface area contributed by atoms with Crippen molar-refractivity contribution in [1.29, 1.82) is 0 Å². The van der Waals surface area contributed by atoms with Crippen LogP contribution >= 0.6 is 0 Å². The lowest BCUT2D eigenvalue weighted by molar-refractivity contribution is 0.181. The second kappa shape index (κ2) is 7.81. The molecule has 0 spiro atoms. The van der Waals surface area contributed by atoms with Crippen molar-refractivity contribution in [3.05, 3.63) is 0 Å². The van der Waals surface area contributed by atoms with Gasteiger partial charge in [0.2, 0.25) is 11.9 Å². The maximum atomic E-state index is 5.52. The lowest BCUT2D eigenvalue weighted by Gasteiger charge is -2.27. The molecule has 0 bridgehead atoms. The first-order chi connectivity index (χ1) is 9.51. The van der Waals surface area contributed by atoms with Crippen LogP contribution in [0.15, 0.2) is 0 Å². The summed E-state index contributed by atoms with van der Waals surface area (Å²) in [6.45, 7) is 9.18. The molecular weight excluding hydrogens is 260 g/mol. The molecule has 3 N–H and O–H groups in total. The lowest BCUT2D eigenvalue weighted by Crippen LogP contribution is -2.37. The van der Waals surface area contributed by atoms with Crippen molar-refractivity contribution in [2.75, 3.05) is 30.6 Å². The summed E-state index contributed by atoms with van der Waals surface area (Å²) < 4.78 is 10.7. The molecule has 1 heterocycles. The molecule has 8 heteroatoms. The van der Waals surface area contributed by atoms with E-state index in [1.807, 2.05) is 32.6 Å². The zero-order valence-electron chi connectivity index (χ0n) is 12.8. The molecule has 0 aliphatic rings. The predicted octanol–water partition coefficient (Wildman–Crippen LogP) is 0.806. The van der Waals surface area contributed by atoms with Crippen molar-refractivity contribution >= 4 is 11.9 Å². The third-order valence-corrected chi connectivity index (χ3v) is 2.61. The zero-order chi connectivity index (χ0) is 15.1. The van der Waals surface area contributed by atoms with Crippen LogP contribution in [0.25, 0.3) is 0 Å². The van der Waals surface area contributed by atoms with Crippen molar-refractivity contribution in [2.24, 2.45) is 5.84 Å². The molecule has 0 amide bonds. The molecule has 8 nitrogen and oxygen atoms in total. The fraction of sp³-hybridized carbons (Fsp3) is 0.750. The quantitative estimate of drug-likeness (QED) is 0.534. The van der Waals surface area contributed by atoms with Crippen LogP contribution in [0.2, 0.25) is 0 Å². The average Bonchev–Trinajstić information content (AvgIpc) is 2.38. The molecule has 1 aromatic heterocycles. The first kappa shape index (κ1) is 16.4. The number of nitrogens with one attached hydrogen (secondary N) is 1. The number of likely N-dealkylation sites (N-methyl/N-ethyl adjacent to an activating group) is 1. The standard InChI is InChI=1S/C12H24N6O2/c1-6-18(9(4)7-19-5)11-14-10(17-13)15-12(16-11)20-8(2)3/h8-9H,6-7,13H2,1-5H3,(H,14,15,16,17). The number of nitrogens with two attached hydrogens (primary N) is 1. The van der Waals surface area contributed by atoms with Gasteiger partial charge in [-0.3, -0.25) is 5.43 Å². The van der Waals surface area contributed by atoms with E-state index in [0.29, 0.717) is 12.6 Å². The second-order valence-corrected chi connectivity index (χ2v) is 4.64. The smallest absolute Gasteiger partial charge is 0.323 e. The van der Waals surface area contributed by atoms with E-state index in [0.717, 1.165) is 6.54 Å². The minimum atomic E-state index is -0.0256. The van der Waals surface area contributed by atoms with Gasteiger partial charge < -0.3 is 14.4 Å². The van der Waals surface area contributed by atoms with Gasteiger partial charge in [-0.15, -0.1) is 0 Å². The minimum Gasteiger partial charge on any atom is -0.461 e. The van der Waals surface area contributed by atoms with Crippen molar-refractivity contribution in [2.45, 2.75) is 39.8 Å². The van der Waals surface area contributed by atoms with Crippen molar-refractivity contribution < 1.29 is 9.47 Å². The summed E-state index contributed by atoms with van der Waals surface area (Å²) in [6.07, 6.45) is -0.0256. The fourth-order valence-corrected chi connectivity index (χ4v) is 1.78. The summed E-state index contributed by atoms with van der Waals surface area (Å²) in [4.78, 5) is 14.7. The Hall–Kier alpha value is -1.67. The number of methoxy groups -OCH3 is 1. The third kappa shape index (κ3) is 4.46. The van der Waals surface area contributed by atoms with Crippen LogP contribution in [0.1, 0.15) is 27.7 Å². The number of nitrogen functional groups attached to an aromatic ring is 1. The van der Waals surface area contributed by atoms with Gasteiger partial charge >= 0.3 is 6.01 Å². The fourth-order valence-electron chi connectivity index (χ4n) is 1.78. The largest absolute Gasteiger partial charge is 0.461 e. The Kier molecular flexibility index (Phi) is 6.40. The first-order valence-corrected chi connectivity index (χ1v) is 6.66. The zero-order valence-corrected chi connectivity index (χ0v) is 12.8. The number of rotatable bonds is 8. The molecule has 0 aromatic carbocycles. The van der Waals surface area contributed by atoms with Crippen LogP contribution in [0.5, 0.6) is 6.01 Å². The van der Waals surface area contributed by atoms with Gasteiger partial charge in [-0.1, -0.05) is 0 Å². The van der Waals surface area contributed by atoms with Gasteiger partial charge in [-0.05, 0) is 27.7 Å². The monoisotopic (exact) mass is 284 g/mol. The Bertz CT molecular complexity index is 415. The Balaban J connectivity index is 3.07. The lowest BCUT2D eigenvalue weighted by atomic mass is 10.3. The van der Waals surface area contributed by atoms with E-state index in [2.05, 4.69) is 20.4 Å². The highest BCUT2D eigenvalue weighted by Gasteiger charge is 2.18. The molecule has 1 atom stereocenters. The Labute approximate surface area is 119 Å². The van der Waals surface area contributed by atoms with E-state index in [1.54, 1.807) is 7.11 Å². The summed E-state index contributed by atoms with van der Waals surface area (Å²) in [5.74, 6) is 6.18. The van der Waals surface area contributed by atoms with Crippen LogP contribution < -0.4 is 20.9 Å². The summed E-state index contributed by atoms with van der Waals surface area (Å²) in [5.41, 5.74) is 2.43. The molecule has 0 aliphatic heterocycles. The Morgan fingerprint density at radius 2 is 1.95 bits per heavy atom. The normalized spacial score (nSPS) is 12.3. The van der Waals surface area contributed by atoms with Gasteiger partial charge in [0.25, 0.3) is 0 Å². The van der Waals surface area contributed by atoms with Crippen LogP contribution in [-0.4, -0.2) is 47.4 Å². The van der Waals surface area contributed by atoms with Crippen LogP contribution in [0.4, 0.5) is 11.9 Å². The maximum absolute atomic E-state index is 5.52. The molecule has 0 saturated heterocycles. The first-order valence-electron chi connectivity index (χ1n) is 6.66. The average molecular weight is 284 g/mol. The van der Waals surface area contributed by atoms with E-state index in [1.165, 1.54) is 0 Å². The van der Waals surface area contributed by atoms with Gasteiger partial charge in [0, 0.05) is 13.7 Å². The van der Waals surface area contributed by atoms with E-state index < -0.39 is 0 Å². The molecule has 0 radical (unpaired) electrons. The van der Waals surface area contributed by atoms with Crippen molar-refractivity contribution in [3.8, 4) is 6.01 Å². The predicted molar refractivity (Wildman–Crippen MR) is 77.8 cm³/mol. The van der Waals surface area contributed by atoms with Crippen molar-refractivity contribution in [1.82, 2.24) is 15.0 Å². The molecule has 1 rings (SSSR count). The number of aromatic nitrogens is 3. The molecule has 1 aromatic rings.